The number of halogens is 1. The quantitative estimate of drug-likeness (QED) is 0.789. The number of alkyl halides is 1. The highest BCUT2D eigenvalue weighted by Gasteiger charge is 2.33. The lowest BCUT2D eigenvalue weighted by molar-refractivity contribution is 0.217. The first-order valence-corrected chi connectivity index (χ1v) is 8.94. The highest BCUT2D eigenvalue weighted by Crippen LogP contribution is 2.32. The van der Waals surface area contributed by atoms with E-state index in [1.807, 2.05) is 34.6 Å². The predicted octanol–water partition coefficient (Wildman–Crippen LogP) is 3.85. The molecule has 0 fully saturated rings. The second kappa shape index (κ2) is 5.72. The predicted molar refractivity (Wildman–Crippen MR) is 82.5 cm³/mol. The maximum absolute atomic E-state index is 12.6. The molecule has 6 heteroatoms. The number of rotatable bonds is 4. The van der Waals surface area contributed by atoms with Crippen LogP contribution in [0.5, 0.6) is 0 Å². The normalized spacial score (nSPS) is 14.9. The molecule has 1 aromatic rings. The van der Waals surface area contributed by atoms with Gasteiger partial charge in [-0.15, -0.1) is 22.9 Å². The molecule has 1 rings (SSSR count). The van der Waals surface area contributed by atoms with Crippen LogP contribution in [-0.2, 0) is 15.9 Å². The molecule has 0 aliphatic carbocycles. The minimum atomic E-state index is -3.44. The summed E-state index contributed by atoms with van der Waals surface area (Å²) < 4.78 is 27.0. The minimum Gasteiger partial charge on any atom is -0.206 e. The standard InChI is InChI=1S/C13H22ClNO2S2/c1-9-7-12(18-11(9)8-14)19(16,17)15(6)10(2)13(3,4)5/h7,10H,8H2,1-6H3. The molecule has 0 aliphatic rings. The monoisotopic (exact) mass is 323 g/mol. The molecule has 0 aromatic carbocycles. The summed E-state index contributed by atoms with van der Waals surface area (Å²) in [5.41, 5.74) is 0.832. The summed E-state index contributed by atoms with van der Waals surface area (Å²) >= 11 is 7.07. The number of hydrogen-bond donors (Lipinski definition) is 0. The Kier molecular flexibility index (Phi) is 5.10. The number of thiophene rings is 1. The van der Waals surface area contributed by atoms with Crippen molar-refractivity contribution in [3.8, 4) is 0 Å². The number of nitrogens with zero attached hydrogens (tertiary/aromatic N) is 1. The van der Waals surface area contributed by atoms with Crippen molar-refractivity contribution in [3.05, 3.63) is 16.5 Å². The van der Waals surface area contributed by atoms with Crippen molar-refractivity contribution < 1.29 is 8.42 Å². The van der Waals surface area contributed by atoms with Gasteiger partial charge in [-0.05, 0) is 30.9 Å². The van der Waals surface area contributed by atoms with Crippen molar-refractivity contribution in [1.29, 1.82) is 0 Å². The number of aryl methyl sites for hydroxylation is 1. The van der Waals surface area contributed by atoms with Crippen LogP contribution in [0.25, 0.3) is 0 Å². The molecule has 0 radical (unpaired) electrons. The van der Waals surface area contributed by atoms with Crippen LogP contribution in [0.15, 0.2) is 10.3 Å². The van der Waals surface area contributed by atoms with Gasteiger partial charge in [0.1, 0.15) is 4.21 Å². The Hall–Kier alpha value is -0.100. The van der Waals surface area contributed by atoms with Gasteiger partial charge in [0.2, 0.25) is 0 Å². The maximum atomic E-state index is 12.6. The molecule has 1 heterocycles. The molecule has 0 aliphatic heterocycles. The lowest BCUT2D eigenvalue weighted by Gasteiger charge is -2.34. The Labute approximate surface area is 125 Å². The third kappa shape index (κ3) is 3.51. The summed E-state index contributed by atoms with van der Waals surface area (Å²) in [6.45, 7) is 9.93. The smallest absolute Gasteiger partial charge is 0.206 e. The van der Waals surface area contributed by atoms with E-state index < -0.39 is 10.0 Å². The van der Waals surface area contributed by atoms with Gasteiger partial charge in [0.15, 0.2) is 0 Å². The van der Waals surface area contributed by atoms with Gasteiger partial charge in [-0.3, -0.25) is 0 Å². The molecule has 0 saturated carbocycles. The number of sulfonamides is 1. The van der Waals surface area contributed by atoms with E-state index >= 15 is 0 Å². The van der Waals surface area contributed by atoms with E-state index in [2.05, 4.69) is 0 Å². The highest BCUT2D eigenvalue weighted by atomic mass is 35.5. The van der Waals surface area contributed by atoms with Gasteiger partial charge in [-0.25, -0.2) is 8.42 Å². The van der Waals surface area contributed by atoms with Gasteiger partial charge in [-0.2, -0.15) is 4.31 Å². The van der Waals surface area contributed by atoms with Crippen molar-refractivity contribution in [2.45, 2.75) is 50.7 Å². The van der Waals surface area contributed by atoms with Crippen molar-refractivity contribution >= 4 is 33.0 Å². The summed E-state index contributed by atoms with van der Waals surface area (Å²) in [5.74, 6) is 0.352. The first-order valence-electron chi connectivity index (χ1n) is 6.15. The van der Waals surface area contributed by atoms with Crippen LogP contribution >= 0.6 is 22.9 Å². The molecule has 0 bridgehead atoms. The summed E-state index contributed by atoms with van der Waals surface area (Å²) in [5, 5.41) is 0. The topological polar surface area (TPSA) is 37.4 Å². The first-order chi connectivity index (χ1) is 8.51. The summed E-state index contributed by atoms with van der Waals surface area (Å²) in [6, 6.07) is 1.63. The Bertz CT molecular complexity index is 543. The average Bonchev–Trinajstić information content (AvgIpc) is 2.67. The zero-order valence-corrected chi connectivity index (χ0v) is 14.7. The molecule has 0 N–H and O–H groups in total. The molecule has 0 saturated heterocycles. The van der Waals surface area contributed by atoms with Crippen LogP contribution in [0.2, 0.25) is 0 Å². The van der Waals surface area contributed by atoms with E-state index in [4.69, 9.17) is 11.6 Å². The van der Waals surface area contributed by atoms with Gasteiger partial charge in [-0.1, -0.05) is 20.8 Å². The molecular formula is C13H22ClNO2S2. The van der Waals surface area contributed by atoms with Crippen LogP contribution in [0.4, 0.5) is 0 Å². The van der Waals surface area contributed by atoms with E-state index in [1.165, 1.54) is 15.6 Å². The second-order valence-electron chi connectivity index (χ2n) is 5.87. The van der Waals surface area contributed by atoms with E-state index in [0.717, 1.165) is 10.4 Å². The van der Waals surface area contributed by atoms with Crippen LogP contribution in [0.1, 0.15) is 38.1 Å². The van der Waals surface area contributed by atoms with Gasteiger partial charge in [0.25, 0.3) is 10.0 Å². The highest BCUT2D eigenvalue weighted by molar-refractivity contribution is 7.91. The SMILES string of the molecule is Cc1cc(S(=O)(=O)N(C)C(C)C(C)(C)C)sc1CCl. The minimum absolute atomic E-state index is 0.0839. The molecule has 3 nitrogen and oxygen atoms in total. The molecule has 1 unspecified atom stereocenters. The molecule has 19 heavy (non-hydrogen) atoms. The molecule has 1 aromatic heterocycles. The van der Waals surface area contributed by atoms with Crippen LogP contribution in [0.3, 0.4) is 0 Å². The van der Waals surface area contributed by atoms with Crippen LogP contribution in [-0.4, -0.2) is 25.8 Å². The van der Waals surface area contributed by atoms with Gasteiger partial charge >= 0.3 is 0 Å². The van der Waals surface area contributed by atoms with Gasteiger partial charge in [0, 0.05) is 18.0 Å². The average molecular weight is 324 g/mol. The molecule has 1 atom stereocenters. The van der Waals surface area contributed by atoms with Crippen LogP contribution in [0, 0.1) is 12.3 Å². The van der Waals surface area contributed by atoms with Crippen molar-refractivity contribution in [2.24, 2.45) is 5.41 Å². The third-order valence-corrected chi connectivity index (χ3v) is 7.59. The Balaban J connectivity index is 3.16. The first kappa shape index (κ1) is 17.0. The third-order valence-electron chi connectivity index (χ3n) is 3.55. The zero-order valence-electron chi connectivity index (χ0n) is 12.3. The number of hydrogen-bond acceptors (Lipinski definition) is 3. The van der Waals surface area contributed by atoms with E-state index in [1.54, 1.807) is 13.1 Å². The maximum Gasteiger partial charge on any atom is 0.252 e. The lowest BCUT2D eigenvalue weighted by atomic mass is 9.88. The van der Waals surface area contributed by atoms with Crippen molar-refractivity contribution in [1.82, 2.24) is 4.31 Å². The zero-order chi connectivity index (χ0) is 15.0. The largest absolute Gasteiger partial charge is 0.252 e. The Morgan fingerprint density at radius 2 is 1.95 bits per heavy atom. The fraction of sp³-hybridized carbons (Fsp3) is 0.692. The molecular weight excluding hydrogens is 302 g/mol. The van der Waals surface area contributed by atoms with Crippen LogP contribution < -0.4 is 0 Å². The van der Waals surface area contributed by atoms with Gasteiger partial charge in [0.05, 0.1) is 5.88 Å². The summed E-state index contributed by atoms with van der Waals surface area (Å²) in [6.07, 6.45) is 0. The fourth-order valence-corrected chi connectivity index (χ4v) is 5.19. The van der Waals surface area contributed by atoms with E-state index in [9.17, 15) is 8.42 Å². The molecule has 0 amide bonds. The van der Waals surface area contributed by atoms with Crippen molar-refractivity contribution in [3.63, 3.8) is 0 Å². The summed E-state index contributed by atoms with van der Waals surface area (Å²) in [4.78, 5) is 0.914. The Morgan fingerprint density at radius 1 is 1.42 bits per heavy atom. The molecule has 110 valence electrons. The second-order valence-corrected chi connectivity index (χ2v) is 9.50. The Morgan fingerprint density at radius 3 is 2.32 bits per heavy atom. The van der Waals surface area contributed by atoms with Crippen molar-refractivity contribution in [2.75, 3.05) is 7.05 Å². The van der Waals surface area contributed by atoms with E-state index in [-0.39, 0.29) is 11.5 Å². The molecule has 0 spiro atoms. The van der Waals surface area contributed by atoms with E-state index in [0.29, 0.717) is 10.1 Å². The summed E-state index contributed by atoms with van der Waals surface area (Å²) in [7, 11) is -1.80. The lowest BCUT2D eigenvalue weighted by Crippen LogP contribution is -2.42. The van der Waals surface area contributed by atoms with Gasteiger partial charge < -0.3 is 0 Å². The fourth-order valence-electron chi connectivity index (χ4n) is 1.64.